The number of para-hydroxylation sites is 2. The number of aryl methyl sites for hydroxylation is 1. The Morgan fingerprint density at radius 3 is 1.69 bits per heavy atom. The summed E-state index contributed by atoms with van der Waals surface area (Å²) < 4.78 is 2.33. The van der Waals surface area contributed by atoms with Crippen molar-refractivity contribution in [3.05, 3.63) is 187 Å². The molecule has 252 valence electrons. The van der Waals surface area contributed by atoms with Gasteiger partial charge in [-0.2, -0.15) is 0 Å². The lowest BCUT2D eigenvalue weighted by Gasteiger charge is -2.25. The van der Waals surface area contributed by atoms with Crippen LogP contribution in [-0.2, 0) is 7.05 Å². The lowest BCUT2D eigenvalue weighted by atomic mass is 10.1. The lowest BCUT2D eigenvalue weighted by Crippen LogP contribution is -2.15. The monoisotopic (exact) mass is 709 g/mol. The molecule has 0 saturated carbocycles. The van der Waals surface area contributed by atoms with Crippen molar-refractivity contribution in [2.75, 3.05) is 4.90 Å². The van der Waals surface area contributed by atoms with Crippen molar-refractivity contribution in [3.8, 4) is 0 Å². The van der Waals surface area contributed by atoms with Crippen LogP contribution in [0.1, 0.15) is 11.1 Å². The van der Waals surface area contributed by atoms with Crippen molar-refractivity contribution in [1.29, 1.82) is 5.41 Å². The zero-order valence-corrected chi connectivity index (χ0v) is 30.1. The predicted molar refractivity (Wildman–Crippen MR) is 220 cm³/mol. The minimum Gasteiger partial charge on any atom is -0.383 e. The zero-order valence-electron chi connectivity index (χ0n) is 28.5. The number of nitrogens with zero attached hydrogens (tertiary/aromatic N) is 3. The van der Waals surface area contributed by atoms with Gasteiger partial charge in [-0.05, 0) is 66.7 Å². The van der Waals surface area contributed by atoms with E-state index in [1.807, 2.05) is 84.2 Å². The number of hydrogen-bond donors (Lipinski definition) is 2. The van der Waals surface area contributed by atoms with Crippen LogP contribution in [0.3, 0.4) is 0 Å². The number of fused-ring (bicyclic) bond motifs is 6. The first-order valence-corrected chi connectivity index (χ1v) is 18.6. The average molecular weight is 710 g/mol. The first kappa shape index (κ1) is 33.1. The van der Waals surface area contributed by atoms with Crippen LogP contribution in [0.4, 0.5) is 17.1 Å². The molecule has 3 N–H and O–H groups in total. The first-order chi connectivity index (χ1) is 25.5. The zero-order chi connectivity index (χ0) is 35.4. The molecule has 0 aliphatic carbocycles. The highest BCUT2D eigenvalue weighted by molar-refractivity contribution is 8.05. The summed E-state index contributed by atoms with van der Waals surface area (Å²) in [5.74, 6) is 0.534. The Hall–Kier alpha value is -6.02. The number of aromatic nitrogens is 1. The molecule has 0 spiro atoms. The highest BCUT2D eigenvalue weighted by Gasteiger charge is 2.23. The number of nitrogens with two attached hydrogens (primary N) is 1. The Balaban J connectivity index is 0.000000192. The third-order valence-electron chi connectivity index (χ3n) is 8.99. The quantitative estimate of drug-likeness (QED) is 0.138. The first-order valence-electron chi connectivity index (χ1n) is 17.0. The lowest BCUT2D eigenvalue weighted by molar-refractivity contribution is 1.01. The van der Waals surface area contributed by atoms with E-state index in [4.69, 9.17) is 11.1 Å². The van der Waals surface area contributed by atoms with Gasteiger partial charge in [0.2, 0.25) is 0 Å². The van der Waals surface area contributed by atoms with E-state index in [-0.39, 0.29) is 5.84 Å². The summed E-state index contributed by atoms with van der Waals surface area (Å²) in [5.41, 5.74) is 13.4. The molecule has 8 aromatic rings. The van der Waals surface area contributed by atoms with Crippen molar-refractivity contribution < 1.29 is 0 Å². The van der Waals surface area contributed by atoms with Gasteiger partial charge < -0.3 is 15.2 Å². The molecule has 1 aliphatic rings. The molecular formula is C45H35N5S2. The molecule has 5 nitrogen and oxygen atoms in total. The second-order valence-corrected chi connectivity index (χ2v) is 14.4. The maximum atomic E-state index is 7.84. The summed E-state index contributed by atoms with van der Waals surface area (Å²) in [4.78, 5) is 11.8. The number of aliphatic imine (C=N–C) groups is 1. The molecule has 0 atom stereocenters. The number of amidine groups is 2. The van der Waals surface area contributed by atoms with Crippen molar-refractivity contribution in [2.45, 2.75) is 19.6 Å². The van der Waals surface area contributed by atoms with Gasteiger partial charge in [0.05, 0.1) is 5.52 Å². The summed E-state index contributed by atoms with van der Waals surface area (Å²) in [6, 6.07) is 60.2. The van der Waals surface area contributed by atoms with Crippen molar-refractivity contribution in [3.63, 3.8) is 0 Å². The second kappa shape index (κ2) is 14.7. The molecule has 0 fully saturated rings. The number of rotatable bonds is 5. The van der Waals surface area contributed by atoms with Gasteiger partial charge in [0.25, 0.3) is 0 Å². The highest BCUT2D eigenvalue weighted by atomic mass is 32.2. The van der Waals surface area contributed by atoms with E-state index in [0.29, 0.717) is 5.84 Å². The van der Waals surface area contributed by atoms with Gasteiger partial charge in [0.15, 0.2) is 5.84 Å². The Labute approximate surface area is 312 Å². The van der Waals surface area contributed by atoms with E-state index in [1.54, 1.807) is 0 Å². The molecule has 0 unspecified atom stereocenters. The Kier molecular flexibility index (Phi) is 9.36. The minimum atomic E-state index is 0.173. The van der Waals surface area contributed by atoms with Crippen LogP contribution in [0.15, 0.2) is 200 Å². The molecule has 7 heteroatoms. The number of nitrogens with one attached hydrogen (secondary N) is 1. The summed E-state index contributed by atoms with van der Waals surface area (Å²) in [5, 5.41) is 10.5. The van der Waals surface area contributed by atoms with E-state index >= 15 is 0 Å². The smallest absolute Gasteiger partial charge is 0.154 e. The van der Waals surface area contributed by atoms with Crippen molar-refractivity contribution >= 4 is 74.1 Å². The molecule has 9 rings (SSSR count). The summed E-state index contributed by atoms with van der Waals surface area (Å²) in [6.45, 7) is 0. The predicted octanol–water partition coefficient (Wildman–Crippen LogP) is 11.8. The maximum Gasteiger partial charge on any atom is 0.154 e. The fourth-order valence-electron chi connectivity index (χ4n) is 6.46. The van der Waals surface area contributed by atoms with Crippen LogP contribution in [0, 0.1) is 5.41 Å². The van der Waals surface area contributed by atoms with Gasteiger partial charge in [-0.15, -0.1) is 0 Å². The molecule has 0 amide bonds. The molecule has 0 bridgehead atoms. The maximum absolute atomic E-state index is 7.84. The molecule has 1 aliphatic heterocycles. The normalized spacial score (nSPS) is 12.1. The Morgan fingerprint density at radius 2 is 1.08 bits per heavy atom. The molecule has 0 saturated heterocycles. The Bertz CT molecular complexity index is 2510. The molecular weight excluding hydrogens is 675 g/mol. The van der Waals surface area contributed by atoms with Crippen molar-refractivity contribution in [2.24, 2.45) is 17.8 Å². The van der Waals surface area contributed by atoms with Crippen LogP contribution >= 0.6 is 23.5 Å². The fourth-order valence-corrected chi connectivity index (χ4v) is 8.87. The van der Waals surface area contributed by atoms with Crippen LogP contribution in [0.2, 0.25) is 0 Å². The topological polar surface area (TPSA) is 70.4 Å². The molecule has 2 heterocycles. The van der Waals surface area contributed by atoms with Crippen molar-refractivity contribution in [1.82, 2.24) is 4.57 Å². The van der Waals surface area contributed by atoms with Gasteiger partial charge >= 0.3 is 0 Å². The highest BCUT2D eigenvalue weighted by Crippen LogP contribution is 2.52. The SMILES string of the molecule is Cn1c2ccc(N(c3ccccc3)c3ccccc3)cc2c2c3c(ccc21)Sc1ccccc1S3.N=C(N=C(N)c1ccccc1)c1ccccc1. The van der Waals surface area contributed by atoms with Crippen LogP contribution in [0.5, 0.6) is 0 Å². The van der Waals surface area contributed by atoms with Gasteiger partial charge in [-0.1, -0.05) is 133 Å². The third kappa shape index (κ3) is 6.60. The van der Waals surface area contributed by atoms with Gasteiger partial charge in [0.1, 0.15) is 5.84 Å². The van der Waals surface area contributed by atoms with E-state index in [2.05, 4.69) is 137 Å². The summed E-state index contributed by atoms with van der Waals surface area (Å²) in [6.07, 6.45) is 0. The number of anilines is 3. The molecule has 0 radical (unpaired) electrons. The fraction of sp³-hybridized carbons (Fsp3) is 0.0222. The third-order valence-corrected chi connectivity index (χ3v) is 11.6. The van der Waals surface area contributed by atoms with E-state index < -0.39 is 0 Å². The van der Waals surface area contributed by atoms with Gasteiger partial charge in [0, 0.05) is 71.1 Å². The van der Waals surface area contributed by atoms with E-state index in [1.165, 1.54) is 41.4 Å². The second-order valence-electron chi connectivity index (χ2n) is 12.3. The van der Waals surface area contributed by atoms with Crippen LogP contribution in [0.25, 0.3) is 21.8 Å². The summed E-state index contributed by atoms with van der Waals surface area (Å²) >= 11 is 3.78. The van der Waals surface area contributed by atoms with Gasteiger partial charge in [-0.25, -0.2) is 4.99 Å². The number of benzene rings is 7. The Morgan fingerprint density at radius 1 is 0.558 bits per heavy atom. The van der Waals surface area contributed by atoms with Crippen LogP contribution < -0.4 is 10.6 Å². The molecule has 1 aromatic heterocycles. The van der Waals surface area contributed by atoms with E-state index in [0.717, 1.165) is 28.2 Å². The van der Waals surface area contributed by atoms with E-state index in [9.17, 15) is 0 Å². The average Bonchev–Trinajstić information content (AvgIpc) is 3.49. The molecule has 52 heavy (non-hydrogen) atoms. The molecule has 7 aromatic carbocycles. The summed E-state index contributed by atoms with van der Waals surface area (Å²) in [7, 11) is 2.18. The van der Waals surface area contributed by atoms with Crippen LogP contribution in [-0.4, -0.2) is 16.2 Å². The standard InChI is InChI=1S/C31H22N2S2.C14H13N3/c1-32-25-17-16-23(33(21-10-4-2-5-11-21)22-12-6-3-7-13-22)20-24(25)30-26(32)18-19-29-31(30)35-28-15-9-8-14-27(28)34-29;15-13(11-7-3-1-4-8-11)17-14(16)12-9-5-2-6-10-12/h2-20H,1H3;1-10H,(H3,15,16,17). The minimum absolute atomic E-state index is 0.173. The largest absolute Gasteiger partial charge is 0.383 e. The number of hydrogen-bond acceptors (Lipinski definition) is 4. The van der Waals surface area contributed by atoms with Gasteiger partial charge in [-0.3, -0.25) is 5.41 Å².